The third-order valence-corrected chi connectivity index (χ3v) is 8.65. The molecular formula is C23H28FN3O3S. The minimum atomic E-state index is -3.52. The van der Waals surface area contributed by atoms with E-state index < -0.39 is 15.3 Å². The normalized spacial score (nSPS) is 23.8. The van der Waals surface area contributed by atoms with Crippen molar-refractivity contribution in [3.05, 3.63) is 65.5 Å². The summed E-state index contributed by atoms with van der Waals surface area (Å²) in [7, 11) is -3.52. The number of benzene rings is 2. The Hall–Kier alpha value is -2.45. The summed E-state index contributed by atoms with van der Waals surface area (Å²) in [5, 5.41) is -0.564. The molecule has 0 N–H and O–H groups in total. The van der Waals surface area contributed by atoms with Crippen LogP contribution in [-0.2, 0) is 21.4 Å². The van der Waals surface area contributed by atoms with Gasteiger partial charge < -0.3 is 9.80 Å². The Kier molecular flexibility index (Phi) is 6.03. The van der Waals surface area contributed by atoms with Crippen molar-refractivity contribution >= 4 is 21.6 Å². The van der Waals surface area contributed by atoms with Gasteiger partial charge in [0.2, 0.25) is 15.9 Å². The summed E-state index contributed by atoms with van der Waals surface area (Å²) in [5.74, 6) is -0.331. The van der Waals surface area contributed by atoms with Gasteiger partial charge in [0, 0.05) is 45.7 Å². The van der Waals surface area contributed by atoms with Crippen LogP contribution in [0.3, 0.4) is 0 Å². The van der Waals surface area contributed by atoms with Crippen molar-refractivity contribution in [2.24, 2.45) is 0 Å². The third-order valence-electron chi connectivity index (χ3n) is 6.32. The Bertz CT molecular complexity index is 1050. The molecule has 1 unspecified atom stereocenters. The molecule has 31 heavy (non-hydrogen) atoms. The molecule has 0 saturated carbocycles. The van der Waals surface area contributed by atoms with E-state index in [0.717, 1.165) is 5.56 Å². The molecule has 0 bridgehead atoms. The Labute approximate surface area is 183 Å². The molecule has 0 radical (unpaired) electrons. The van der Waals surface area contributed by atoms with E-state index in [1.54, 1.807) is 24.0 Å². The Morgan fingerprint density at radius 3 is 2.35 bits per heavy atom. The lowest BCUT2D eigenvalue weighted by molar-refractivity contribution is -0.129. The predicted octanol–water partition coefficient (Wildman–Crippen LogP) is 3.16. The lowest BCUT2D eigenvalue weighted by Gasteiger charge is -2.35. The first-order valence-electron chi connectivity index (χ1n) is 10.6. The summed E-state index contributed by atoms with van der Waals surface area (Å²) in [6, 6.07) is 14.1. The van der Waals surface area contributed by atoms with Crippen molar-refractivity contribution in [1.82, 2.24) is 9.21 Å². The zero-order chi connectivity index (χ0) is 22.2. The minimum absolute atomic E-state index is 0.0326. The van der Waals surface area contributed by atoms with Crippen molar-refractivity contribution < 1.29 is 17.6 Å². The molecule has 2 aromatic carbocycles. The van der Waals surface area contributed by atoms with Gasteiger partial charge in [0.15, 0.2) is 0 Å². The van der Waals surface area contributed by atoms with Crippen molar-refractivity contribution in [3.63, 3.8) is 0 Å². The fourth-order valence-electron chi connectivity index (χ4n) is 4.53. The number of carbonyl (C=O) groups is 1. The van der Waals surface area contributed by atoms with Gasteiger partial charge in [0.25, 0.3) is 0 Å². The van der Waals surface area contributed by atoms with E-state index in [9.17, 15) is 17.6 Å². The van der Waals surface area contributed by atoms with Crippen molar-refractivity contribution in [2.45, 2.75) is 38.1 Å². The molecule has 166 valence electrons. The number of rotatable bonds is 4. The van der Waals surface area contributed by atoms with Crippen LogP contribution < -0.4 is 4.90 Å². The molecule has 8 heteroatoms. The van der Waals surface area contributed by atoms with E-state index in [0.29, 0.717) is 43.9 Å². The summed E-state index contributed by atoms with van der Waals surface area (Å²) in [4.78, 5) is 15.2. The first kappa shape index (κ1) is 21.8. The summed E-state index contributed by atoms with van der Waals surface area (Å²) in [6.07, 6.45) is 0.521. The zero-order valence-corrected chi connectivity index (χ0v) is 18.7. The average Bonchev–Trinajstić information content (AvgIpc) is 2.98. The highest BCUT2D eigenvalue weighted by Gasteiger charge is 2.44. The van der Waals surface area contributed by atoms with E-state index >= 15 is 0 Å². The van der Waals surface area contributed by atoms with Gasteiger partial charge in [-0.2, -0.15) is 4.31 Å². The lowest BCUT2D eigenvalue weighted by atomic mass is 10.1. The SMILES string of the molecule is CC(=O)N1CCN(c2ccc(CN3[C@H](C)CC(c4ccccc4)S3(=O)=O)cc2F)CC1. The summed E-state index contributed by atoms with van der Waals surface area (Å²) >= 11 is 0. The molecule has 2 saturated heterocycles. The standard InChI is InChI=1S/C23H28FN3O3S/c1-17-14-23(20-6-4-3-5-7-20)31(29,30)27(17)16-19-8-9-22(21(24)15-19)26-12-10-25(11-13-26)18(2)28/h3-9,15,17,23H,10-14,16H2,1-2H3/t17-,23?/m1/s1. The van der Waals surface area contributed by atoms with Crippen LogP contribution >= 0.6 is 0 Å². The maximum Gasteiger partial charge on any atom is 0.221 e. The van der Waals surface area contributed by atoms with Crippen molar-refractivity contribution in [1.29, 1.82) is 0 Å². The monoisotopic (exact) mass is 445 g/mol. The maximum absolute atomic E-state index is 14.9. The fraction of sp³-hybridized carbons (Fsp3) is 0.435. The predicted molar refractivity (Wildman–Crippen MR) is 119 cm³/mol. The van der Waals surface area contributed by atoms with Gasteiger partial charge in [-0.1, -0.05) is 36.4 Å². The summed E-state index contributed by atoms with van der Waals surface area (Å²) < 4.78 is 42.8. The second-order valence-electron chi connectivity index (χ2n) is 8.35. The van der Waals surface area contributed by atoms with Crippen LogP contribution in [0.25, 0.3) is 0 Å². The van der Waals surface area contributed by atoms with E-state index in [4.69, 9.17) is 0 Å². The van der Waals surface area contributed by atoms with Crippen molar-refractivity contribution in [3.8, 4) is 0 Å². The molecule has 0 aromatic heterocycles. The smallest absolute Gasteiger partial charge is 0.221 e. The Balaban J connectivity index is 1.49. The molecule has 2 heterocycles. The second kappa shape index (κ2) is 8.59. The topological polar surface area (TPSA) is 60.9 Å². The minimum Gasteiger partial charge on any atom is -0.366 e. The quantitative estimate of drug-likeness (QED) is 0.725. The fourth-order valence-corrected chi connectivity index (χ4v) is 6.80. The van der Waals surface area contributed by atoms with Gasteiger partial charge in [-0.3, -0.25) is 4.79 Å². The molecular weight excluding hydrogens is 417 g/mol. The first-order valence-corrected chi connectivity index (χ1v) is 12.1. The number of anilines is 1. The summed E-state index contributed by atoms with van der Waals surface area (Å²) in [6.45, 7) is 5.89. The Morgan fingerprint density at radius 1 is 1.06 bits per heavy atom. The molecule has 1 amide bonds. The lowest BCUT2D eigenvalue weighted by Crippen LogP contribution is -2.48. The first-order chi connectivity index (χ1) is 14.8. The molecule has 6 nitrogen and oxygen atoms in total. The van der Waals surface area contributed by atoms with E-state index in [2.05, 4.69) is 0 Å². The summed E-state index contributed by atoms with van der Waals surface area (Å²) in [5.41, 5.74) is 1.92. The van der Waals surface area contributed by atoms with Crippen LogP contribution in [0, 0.1) is 5.82 Å². The van der Waals surface area contributed by atoms with Gasteiger partial charge >= 0.3 is 0 Å². The highest BCUT2D eigenvalue weighted by Crippen LogP contribution is 2.40. The second-order valence-corrected chi connectivity index (χ2v) is 10.4. The van der Waals surface area contributed by atoms with Crippen LogP contribution in [-0.4, -0.2) is 55.8 Å². The van der Waals surface area contributed by atoms with Gasteiger partial charge in [0.05, 0.1) is 5.69 Å². The molecule has 2 fully saturated rings. The van der Waals surface area contributed by atoms with Gasteiger partial charge in [-0.15, -0.1) is 0 Å². The largest absolute Gasteiger partial charge is 0.366 e. The molecule has 2 aliphatic rings. The van der Waals surface area contributed by atoms with E-state index in [1.807, 2.05) is 42.2 Å². The number of hydrogen-bond acceptors (Lipinski definition) is 4. The molecule has 4 rings (SSSR count). The van der Waals surface area contributed by atoms with Crippen LogP contribution in [0.15, 0.2) is 48.5 Å². The van der Waals surface area contributed by atoms with Crippen LogP contribution in [0.5, 0.6) is 0 Å². The number of nitrogens with zero attached hydrogens (tertiary/aromatic N) is 3. The molecule has 2 aromatic rings. The third kappa shape index (κ3) is 4.32. The van der Waals surface area contributed by atoms with Crippen LogP contribution in [0.2, 0.25) is 0 Å². The number of piperazine rings is 1. The highest BCUT2D eigenvalue weighted by atomic mass is 32.2. The molecule has 2 aliphatic heterocycles. The number of sulfonamides is 1. The van der Waals surface area contributed by atoms with Gasteiger partial charge in [-0.05, 0) is 36.6 Å². The highest BCUT2D eigenvalue weighted by molar-refractivity contribution is 7.89. The molecule has 0 spiro atoms. The maximum atomic E-state index is 14.9. The van der Waals surface area contributed by atoms with Gasteiger partial charge in [-0.25, -0.2) is 12.8 Å². The number of halogens is 1. The van der Waals surface area contributed by atoms with Crippen molar-refractivity contribution in [2.75, 3.05) is 31.1 Å². The van der Waals surface area contributed by atoms with Crippen LogP contribution in [0.4, 0.5) is 10.1 Å². The number of hydrogen-bond donors (Lipinski definition) is 0. The van der Waals surface area contributed by atoms with Crippen LogP contribution in [0.1, 0.15) is 36.6 Å². The number of amides is 1. The molecule has 0 aliphatic carbocycles. The van der Waals surface area contributed by atoms with E-state index in [-0.39, 0.29) is 24.3 Å². The molecule has 2 atom stereocenters. The van der Waals surface area contributed by atoms with E-state index in [1.165, 1.54) is 10.4 Å². The Morgan fingerprint density at radius 2 is 1.74 bits per heavy atom. The zero-order valence-electron chi connectivity index (χ0n) is 17.9. The number of carbonyl (C=O) groups excluding carboxylic acids is 1. The average molecular weight is 446 g/mol. The van der Waals surface area contributed by atoms with Gasteiger partial charge in [0.1, 0.15) is 11.1 Å².